The van der Waals surface area contributed by atoms with Gasteiger partial charge in [-0.05, 0) is 49.1 Å². The van der Waals surface area contributed by atoms with Gasteiger partial charge in [-0.15, -0.1) is 10.2 Å². The van der Waals surface area contributed by atoms with Gasteiger partial charge < -0.3 is 9.47 Å². The van der Waals surface area contributed by atoms with Crippen molar-refractivity contribution < 1.29 is 13.2 Å². The molecule has 0 N–H and O–H groups in total. The molecule has 0 bridgehead atoms. The fourth-order valence-corrected chi connectivity index (χ4v) is 6.28. The third-order valence-corrected chi connectivity index (χ3v) is 8.88. The van der Waals surface area contributed by atoms with Crippen molar-refractivity contribution in [1.29, 1.82) is 0 Å². The SMILES string of the molecule is O=C(CCS(=O)(=O)c1ccccc1)N1CC(c2nncn2CC2CC2)C2(CCC2)C1. The minimum Gasteiger partial charge on any atom is -0.341 e. The quantitative estimate of drug-likeness (QED) is 0.677. The van der Waals surface area contributed by atoms with Gasteiger partial charge in [0.05, 0.1) is 10.6 Å². The van der Waals surface area contributed by atoms with Crippen LogP contribution in [0.4, 0.5) is 0 Å². The van der Waals surface area contributed by atoms with E-state index in [1.165, 1.54) is 19.3 Å². The lowest BCUT2D eigenvalue weighted by Crippen LogP contribution is -2.38. The van der Waals surface area contributed by atoms with Crippen molar-refractivity contribution >= 4 is 15.7 Å². The molecule has 2 aliphatic carbocycles. The highest BCUT2D eigenvalue weighted by Gasteiger charge is 2.53. The zero-order chi connectivity index (χ0) is 20.8. The zero-order valence-corrected chi connectivity index (χ0v) is 17.9. The lowest BCUT2D eigenvalue weighted by Gasteiger charge is -2.42. The largest absolute Gasteiger partial charge is 0.341 e. The van der Waals surface area contributed by atoms with E-state index in [0.29, 0.717) is 13.1 Å². The summed E-state index contributed by atoms with van der Waals surface area (Å²) in [6, 6.07) is 8.37. The standard InChI is InChI=1S/C22H28N4O3S/c27-20(9-12-30(28,29)18-5-2-1-3-6-18)25-14-19(22(15-25)10-4-11-22)21-24-23-16-26(21)13-17-7-8-17/h1-3,5-6,16-17,19H,4,7-15H2. The van der Waals surface area contributed by atoms with Gasteiger partial charge >= 0.3 is 0 Å². The van der Waals surface area contributed by atoms with Gasteiger partial charge in [0, 0.05) is 32.0 Å². The summed E-state index contributed by atoms with van der Waals surface area (Å²) in [6.07, 6.45) is 7.77. The van der Waals surface area contributed by atoms with Gasteiger partial charge in [0.25, 0.3) is 0 Å². The summed E-state index contributed by atoms with van der Waals surface area (Å²) < 4.78 is 27.3. The topological polar surface area (TPSA) is 85.2 Å². The molecule has 1 atom stereocenters. The predicted octanol–water partition coefficient (Wildman–Crippen LogP) is 2.65. The Morgan fingerprint density at radius 3 is 2.60 bits per heavy atom. The molecule has 160 valence electrons. The molecule has 1 aromatic carbocycles. The highest BCUT2D eigenvalue weighted by Crippen LogP contribution is 2.55. The van der Waals surface area contributed by atoms with Crippen LogP contribution < -0.4 is 0 Å². The van der Waals surface area contributed by atoms with Gasteiger partial charge in [0.15, 0.2) is 9.84 Å². The first-order valence-corrected chi connectivity index (χ1v) is 12.6. The van der Waals surface area contributed by atoms with E-state index in [2.05, 4.69) is 14.8 Å². The maximum absolute atomic E-state index is 13.0. The molecule has 2 aromatic rings. The minimum absolute atomic E-state index is 0.0226. The molecule has 1 aromatic heterocycles. The summed E-state index contributed by atoms with van der Waals surface area (Å²) in [4.78, 5) is 15.1. The first-order valence-electron chi connectivity index (χ1n) is 10.9. The Morgan fingerprint density at radius 2 is 1.93 bits per heavy atom. The molecule has 5 rings (SSSR count). The third-order valence-electron chi connectivity index (χ3n) is 7.15. The first kappa shape index (κ1) is 19.7. The van der Waals surface area contributed by atoms with Crippen molar-refractivity contribution in [3.63, 3.8) is 0 Å². The number of rotatable bonds is 7. The van der Waals surface area contributed by atoms with Crippen LogP contribution in [0, 0.1) is 11.3 Å². The number of aromatic nitrogens is 3. The summed E-state index contributed by atoms with van der Waals surface area (Å²) >= 11 is 0. The van der Waals surface area contributed by atoms with E-state index in [-0.39, 0.29) is 34.3 Å². The van der Waals surface area contributed by atoms with Crippen LogP contribution in [-0.4, -0.2) is 52.8 Å². The number of carbonyl (C=O) groups excluding carboxylic acids is 1. The lowest BCUT2D eigenvalue weighted by molar-refractivity contribution is -0.130. The second-order valence-electron chi connectivity index (χ2n) is 9.21. The number of benzene rings is 1. The van der Waals surface area contributed by atoms with Crippen molar-refractivity contribution in [3.05, 3.63) is 42.5 Å². The van der Waals surface area contributed by atoms with Gasteiger partial charge in [-0.2, -0.15) is 0 Å². The molecule has 3 aliphatic rings. The Labute approximate surface area is 177 Å². The molecule has 7 nitrogen and oxygen atoms in total. The third kappa shape index (κ3) is 3.66. The smallest absolute Gasteiger partial charge is 0.223 e. The van der Waals surface area contributed by atoms with E-state index in [0.717, 1.165) is 31.1 Å². The summed E-state index contributed by atoms with van der Waals surface area (Å²) in [5, 5.41) is 8.63. The van der Waals surface area contributed by atoms with Crippen molar-refractivity contribution in [3.8, 4) is 0 Å². The molecule has 1 amide bonds. The van der Waals surface area contributed by atoms with Crippen molar-refractivity contribution in [2.24, 2.45) is 11.3 Å². The molecule has 1 unspecified atom stereocenters. The van der Waals surface area contributed by atoms with Crippen LogP contribution in [0.25, 0.3) is 0 Å². The summed E-state index contributed by atoms with van der Waals surface area (Å²) in [5.41, 5.74) is 0.0856. The molecule has 0 radical (unpaired) electrons. The minimum atomic E-state index is -3.45. The van der Waals surface area contributed by atoms with Crippen molar-refractivity contribution in [1.82, 2.24) is 19.7 Å². The number of carbonyl (C=O) groups is 1. The van der Waals surface area contributed by atoms with E-state index < -0.39 is 9.84 Å². The number of amides is 1. The number of hydrogen-bond donors (Lipinski definition) is 0. The molecule has 1 aliphatic heterocycles. The average Bonchev–Trinajstić information content (AvgIpc) is 3.25. The molecule has 1 saturated heterocycles. The first-order chi connectivity index (χ1) is 14.5. The zero-order valence-electron chi connectivity index (χ0n) is 17.1. The highest BCUT2D eigenvalue weighted by molar-refractivity contribution is 7.91. The normalized spacial score (nSPS) is 22.9. The Balaban J connectivity index is 1.28. The van der Waals surface area contributed by atoms with Crippen molar-refractivity contribution in [2.75, 3.05) is 18.8 Å². The summed E-state index contributed by atoms with van der Waals surface area (Å²) in [6.45, 7) is 2.30. The number of nitrogens with zero attached hydrogens (tertiary/aromatic N) is 4. The van der Waals surface area contributed by atoms with Crippen LogP contribution in [0.1, 0.15) is 50.3 Å². The summed E-state index contributed by atoms with van der Waals surface area (Å²) in [5.74, 6) is 1.72. The van der Waals surface area contributed by atoms with E-state index >= 15 is 0 Å². The van der Waals surface area contributed by atoms with Gasteiger partial charge in [0.1, 0.15) is 12.2 Å². The second-order valence-corrected chi connectivity index (χ2v) is 11.3. The van der Waals surface area contributed by atoms with Crippen LogP contribution in [0.5, 0.6) is 0 Å². The summed E-state index contributed by atoms with van der Waals surface area (Å²) in [7, 11) is -3.45. The van der Waals surface area contributed by atoms with E-state index in [1.807, 2.05) is 11.2 Å². The van der Waals surface area contributed by atoms with E-state index in [4.69, 9.17) is 0 Å². The molecular weight excluding hydrogens is 400 g/mol. The second kappa shape index (κ2) is 7.48. The average molecular weight is 429 g/mol. The molecular formula is C22H28N4O3S. The van der Waals surface area contributed by atoms with Crippen LogP contribution >= 0.6 is 0 Å². The highest BCUT2D eigenvalue weighted by atomic mass is 32.2. The lowest BCUT2D eigenvalue weighted by atomic mass is 9.62. The maximum atomic E-state index is 13.0. The van der Waals surface area contributed by atoms with Gasteiger partial charge in [-0.1, -0.05) is 24.6 Å². The molecule has 8 heteroatoms. The van der Waals surface area contributed by atoms with Crippen LogP contribution in [0.2, 0.25) is 0 Å². The van der Waals surface area contributed by atoms with E-state index in [1.54, 1.807) is 30.3 Å². The predicted molar refractivity (Wildman–Crippen MR) is 111 cm³/mol. The van der Waals surface area contributed by atoms with Gasteiger partial charge in [0.2, 0.25) is 5.91 Å². The van der Waals surface area contributed by atoms with Gasteiger partial charge in [-0.25, -0.2) is 8.42 Å². The van der Waals surface area contributed by atoms with Crippen molar-refractivity contribution in [2.45, 2.75) is 55.9 Å². The number of sulfone groups is 1. The maximum Gasteiger partial charge on any atom is 0.223 e. The van der Waals surface area contributed by atoms with Crippen LogP contribution in [-0.2, 0) is 21.2 Å². The van der Waals surface area contributed by atoms with E-state index in [9.17, 15) is 13.2 Å². The number of hydrogen-bond acceptors (Lipinski definition) is 5. The Hall–Kier alpha value is -2.22. The van der Waals surface area contributed by atoms with Crippen LogP contribution in [0.3, 0.4) is 0 Å². The Kier molecular flexibility index (Phi) is 4.92. The molecule has 3 fully saturated rings. The molecule has 2 heterocycles. The fraction of sp³-hybridized carbons (Fsp3) is 0.591. The fourth-order valence-electron chi connectivity index (χ4n) is 5.03. The monoisotopic (exact) mass is 428 g/mol. The Bertz CT molecular complexity index is 1030. The van der Waals surface area contributed by atoms with Gasteiger partial charge in [-0.3, -0.25) is 4.79 Å². The number of likely N-dealkylation sites (tertiary alicyclic amines) is 1. The van der Waals surface area contributed by atoms with Crippen LogP contribution in [0.15, 0.2) is 41.6 Å². The Morgan fingerprint density at radius 1 is 1.17 bits per heavy atom. The molecule has 1 spiro atoms. The molecule has 2 saturated carbocycles. The molecule has 30 heavy (non-hydrogen) atoms.